The Morgan fingerprint density at radius 2 is 1.84 bits per heavy atom. The Bertz CT molecular complexity index is 2270. The zero-order chi connectivity index (χ0) is 46.8. The van der Waals surface area contributed by atoms with Gasteiger partial charge in [-0.15, -0.1) is 17.9 Å². The Morgan fingerprint density at radius 1 is 1.11 bits per heavy atom. The van der Waals surface area contributed by atoms with E-state index < -0.39 is 17.7 Å². The van der Waals surface area contributed by atoms with E-state index in [9.17, 15) is 24.4 Å². The van der Waals surface area contributed by atoms with E-state index in [1.54, 1.807) is 59.7 Å². The highest BCUT2D eigenvalue weighted by Gasteiger charge is 2.53. The predicted octanol–water partition coefficient (Wildman–Crippen LogP) is 10.5. The van der Waals surface area contributed by atoms with Crippen molar-refractivity contribution in [3.63, 3.8) is 0 Å². The van der Waals surface area contributed by atoms with Crippen LogP contribution < -0.4 is 24.9 Å². The summed E-state index contributed by atoms with van der Waals surface area (Å²) in [6, 6.07) is 13.5. The number of carbonyl (C=O) groups excluding carboxylic acids is 3. The lowest BCUT2D eigenvalue weighted by Gasteiger charge is -2.29. The molecule has 346 valence electrons. The van der Waals surface area contributed by atoms with Crippen LogP contribution in [0.15, 0.2) is 65.3 Å². The van der Waals surface area contributed by atoms with Crippen molar-refractivity contribution in [2.24, 2.45) is 0 Å². The quantitative estimate of drug-likeness (QED) is 0.0531. The lowest BCUT2D eigenvalue weighted by Crippen LogP contribution is -2.55. The summed E-state index contributed by atoms with van der Waals surface area (Å²) in [5.74, 6) is 0.965. The highest BCUT2D eigenvalue weighted by Crippen LogP contribution is 2.39. The smallest absolute Gasteiger partial charge is 0.264 e. The number of hydrogen-bond acceptors (Lipinski definition) is 10. The Morgan fingerprint density at radius 3 is 2.47 bits per heavy atom. The second-order valence-corrected chi connectivity index (χ2v) is 18.4. The molecule has 12 nitrogen and oxygen atoms in total. The van der Waals surface area contributed by atoms with Crippen LogP contribution in [0.5, 0.6) is 11.5 Å². The Hall–Kier alpha value is -5.13. The van der Waals surface area contributed by atoms with Crippen LogP contribution in [-0.4, -0.2) is 69.2 Å². The first-order valence-electron chi connectivity index (χ1n) is 22.9. The SMILES string of the molecule is C=CCCCCCC(Oc1cccc(C#N)c1)C(=O)N1CCCC1C(=O)NC1(C(=O)NSC2CC2)CC1.CC.CCC.COc1ccc2c(=O)cc(-c3nc(C(C)C)cs3)[nH]c2c1C. The number of aromatic nitrogens is 2. The summed E-state index contributed by atoms with van der Waals surface area (Å²) in [4.78, 5) is 61.7. The highest BCUT2D eigenvalue weighted by molar-refractivity contribution is 7.98. The van der Waals surface area contributed by atoms with E-state index in [1.165, 1.54) is 18.4 Å². The molecule has 0 bridgehead atoms. The van der Waals surface area contributed by atoms with Crippen LogP contribution in [0.1, 0.15) is 141 Å². The van der Waals surface area contributed by atoms with Crippen molar-refractivity contribution >= 4 is 51.9 Å². The average Bonchev–Trinajstić information content (AvgIpc) is 4.18. The molecular weight excluding hydrogens is 845 g/mol. The maximum atomic E-state index is 13.7. The molecule has 2 aliphatic carbocycles. The zero-order valence-electron chi connectivity index (χ0n) is 39.0. The van der Waals surface area contributed by atoms with Crippen molar-refractivity contribution in [1.29, 1.82) is 5.26 Å². The minimum absolute atomic E-state index is 0.00389. The summed E-state index contributed by atoms with van der Waals surface area (Å²) in [6.45, 7) is 18.6. The molecule has 0 spiro atoms. The monoisotopic (exact) mass is 912 g/mol. The fraction of sp³-hybridized carbons (Fsp3) is 0.520. The summed E-state index contributed by atoms with van der Waals surface area (Å²) in [5.41, 5.74) is 3.14. The van der Waals surface area contributed by atoms with Crippen molar-refractivity contribution in [3.8, 4) is 28.3 Å². The summed E-state index contributed by atoms with van der Waals surface area (Å²) < 4.78 is 14.4. The van der Waals surface area contributed by atoms with Crippen LogP contribution in [0.2, 0.25) is 0 Å². The summed E-state index contributed by atoms with van der Waals surface area (Å²) in [5, 5.41) is 16.2. The number of unbranched alkanes of at least 4 members (excludes halogenated alkanes) is 3. The van der Waals surface area contributed by atoms with Crippen molar-refractivity contribution in [1.82, 2.24) is 24.9 Å². The minimum Gasteiger partial charge on any atom is -0.496 e. The third-order valence-electron chi connectivity index (χ3n) is 10.9. The molecule has 64 heavy (non-hydrogen) atoms. The van der Waals surface area contributed by atoms with Crippen LogP contribution in [0, 0.1) is 18.3 Å². The molecule has 2 unspecified atom stereocenters. The van der Waals surface area contributed by atoms with Crippen molar-refractivity contribution in [2.45, 2.75) is 154 Å². The number of aryl methyl sites for hydroxylation is 1. The number of H-pyrrole nitrogens is 1. The van der Waals surface area contributed by atoms with Gasteiger partial charge < -0.3 is 24.7 Å². The number of amides is 3. The number of benzene rings is 2. The third-order valence-corrected chi connectivity index (χ3v) is 12.9. The topological polar surface area (TPSA) is 167 Å². The Kier molecular flexibility index (Phi) is 20.4. The van der Waals surface area contributed by atoms with Gasteiger partial charge in [0.15, 0.2) is 11.5 Å². The van der Waals surface area contributed by atoms with E-state index in [4.69, 9.17) is 9.47 Å². The molecule has 3 aliphatic rings. The van der Waals surface area contributed by atoms with E-state index >= 15 is 0 Å². The molecule has 1 saturated heterocycles. The number of fused-ring (bicyclic) bond motifs is 1. The van der Waals surface area contributed by atoms with Gasteiger partial charge in [0, 0.05) is 34.2 Å². The number of thiazole rings is 1. The van der Waals surface area contributed by atoms with Gasteiger partial charge in [-0.2, -0.15) is 5.26 Å². The number of likely N-dealkylation sites (tertiary alicyclic amines) is 1. The number of allylic oxidation sites excluding steroid dienone is 1. The van der Waals surface area contributed by atoms with Gasteiger partial charge >= 0.3 is 0 Å². The van der Waals surface area contributed by atoms with E-state index in [0.29, 0.717) is 60.1 Å². The van der Waals surface area contributed by atoms with Crippen molar-refractivity contribution in [2.75, 3.05) is 13.7 Å². The molecule has 3 fully saturated rings. The largest absolute Gasteiger partial charge is 0.496 e. The first-order chi connectivity index (χ1) is 30.9. The van der Waals surface area contributed by atoms with Gasteiger partial charge in [-0.3, -0.25) is 23.9 Å². The van der Waals surface area contributed by atoms with Crippen LogP contribution >= 0.6 is 23.3 Å². The van der Waals surface area contributed by atoms with Gasteiger partial charge in [-0.05, 0) is 119 Å². The Labute approximate surface area is 388 Å². The van der Waals surface area contributed by atoms with E-state index in [-0.39, 0.29) is 23.2 Å². The fourth-order valence-electron chi connectivity index (χ4n) is 7.04. The molecule has 4 aromatic rings. The van der Waals surface area contributed by atoms with Crippen LogP contribution in [0.3, 0.4) is 0 Å². The molecule has 2 aromatic carbocycles. The number of rotatable bonds is 17. The number of pyridine rings is 1. The predicted molar refractivity (Wildman–Crippen MR) is 261 cm³/mol. The standard InChI is InChI=1S/C28H36N4O4S.C17H18N2O2S.C3H8.C2H6/c1-2-3-4-5-6-12-24(36-21-10-7-9-20(18-21)19-29)26(34)32-17-8-11-23(32)25(33)30-28(15-16-28)27(35)31-37-22-13-14-22;1-9(2)13-8-22-17(19-13)12-7-14(20)11-5-6-15(21-4)10(3)16(11)18-12;1-3-2;1-2/h2,7,9-10,18,22-24H,1,3-6,8,11-17H2,(H,30,33)(H,31,35);5-9H,1-4H3,(H,18,20);3H2,1-2H3;1-2H3. The zero-order valence-corrected chi connectivity index (χ0v) is 40.6. The van der Waals surface area contributed by atoms with Crippen molar-refractivity contribution in [3.05, 3.63) is 87.5 Å². The maximum absolute atomic E-state index is 13.7. The number of ether oxygens (including phenoxy) is 2. The molecule has 2 atom stereocenters. The lowest BCUT2D eigenvalue weighted by molar-refractivity contribution is -0.145. The molecule has 14 heteroatoms. The van der Waals surface area contributed by atoms with E-state index in [0.717, 1.165) is 78.2 Å². The van der Waals surface area contributed by atoms with Gasteiger partial charge in [0.1, 0.15) is 28.1 Å². The summed E-state index contributed by atoms with van der Waals surface area (Å²) in [7, 11) is 1.63. The molecule has 2 aromatic heterocycles. The summed E-state index contributed by atoms with van der Waals surface area (Å²) in [6.07, 6.45) is 11.3. The molecule has 7 rings (SSSR count). The second-order valence-electron chi connectivity index (χ2n) is 16.5. The highest BCUT2D eigenvalue weighted by atomic mass is 32.2. The number of carbonyl (C=O) groups is 3. The number of methoxy groups -OCH3 is 1. The molecule has 2 saturated carbocycles. The molecular formula is C50H68N6O6S2. The Balaban J connectivity index is 0.000000282. The second kappa shape index (κ2) is 25.4. The maximum Gasteiger partial charge on any atom is 0.264 e. The van der Waals surface area contributed by atoms with Gasteiger partial charge in [-0.25, -0.2) is 4.98 Å². The van der Waals surface area contributed by atoms with Crippen LogP contribution in [0.4, 0.5) is 0 Å². The molecule has 1 aliphatic heterocycles. The number of nitrogens with one attached hydrogen (secondary N) is 3. The average molecular weight is 913 g/mol. The van der Waals surface area contributed by atoms with E-state index in [2.05, 4.69) is 60.3 Å². The van der Waals surface area contributed by atoms with Crippen molar-refractivity contribution < 1.29 is 23.9 Å². The number of aromatic amines is 1. The van der Waals surface area contributed by atoms with Gasteiger partial charge in [0.25, 0.3) is 11.8 Å². The number of nitrogens with zero attached hydrogens (tertiary/aromatic N) is 3. The van der Waals surface area contributed by atoms with Crippen LogP contribution in [-0.2, 0) is 14.4 Å². The van der Waals surface area contributed by atoms with Gasteiger partial charge in [-0.1, -0.05) is 66.5 Å². The fourth-order valence-corrected chi connectivity index (χ4v) is 8.84. The summed E-state index contributed by atoms with van der Waals surface area (Å²) >= 11 is 3.00. The first kappa shape index (κ1) is 51.5. The van der Waals surface area contributed by atoms with Gasteiger partial charge in [0.05, 0.1) is 35.6 Å². The number of nitriles is 1. The van der Waals surface area contributed by atoms with Crippen LogP contribution in [0.25, 0.3) is 21.6 Å². The molecule has 3 heterocycles. The minimum atomic E-state index is -0.852. The molecule has 3 amide bonds. The molecule has 3 N–H and O–H groups in total. The normalized spacial score (nSPS) is 16.1. The van der Waals surface area contributed by atoms with E-state index in [1.807, 2.05) is 38.3 Å². The molecule has 0 radical (unpaired) electrons. The van der Waals surface area contributed by atoms with Gasteiger partial charge in [0.2, 0.25) is 5.91 Å². The third kappa shape index (κ3) is 14.2. The number of hydrogen-bond donors (Lipinski definition) is 3. The first-order valence-corrected chi connectivity index (χ1v) is 24.7. The lowest BCUT2D eigenvalue weighted by atomic mass is 10.1.